The molecule has 3 unspecified atom stereocenters. The highest BCUT2D eigenvalue weighted by atomic mass is 16.5. The van der Waals surface area contributed by atoms with E-state index >= 15 is 0 Å². The van der Waals surface area contributed by atoms with Crippen molar-refractivity contribution in [2.45, 2.75) is 51.2 Å². The number of morpholine rings is 1. The third kappa shape index (κ3) is 4.50. The zero-order chi connectivity index (χ0) is 12.8. The molecule has 0 spiro atoms. The lowest BCUT2D eigenvalue weighted by Crippen LogP contribution is -2.48. The molecule has 2 aliphatic rings. The number of ether oxygens (including phenoxy) is 2. The van der Waals surface area contributed by atoms with Gasteiger partial charge in [0.1, 0.15) is 0 Å². The summed E-state index contributed by atoms with van der Waals surface area (Å²) in [6.45, 7) is 9.18. The van der Waals surface area contributed by atoms with Crippen molar-refractivity contribution >= 4 is 0 Å². The number of nitrogens with one attached hydrogen (secondary N) is 2. The molecule has 4 nitrogen and oxygen atoms in total. The summed E-state index contributed by atoms with van der Waals surface area (Å²) in [7, 11) is 0. The van der Waals surface area contributed by atoms with Gasteiger partial charge in [-0.05, 0) is 39.0 Å². The van der Waals surface area contributed by atoms with E-state index in [1.807, 2.05) is 0 Å². The Bertz CT molecular complexity index is 226. The Hall–Kier alpha value is -0.160. The maximum Gasteiger partial charge on any atom is 0.0620 e. The van der Waals surface area contributed by atoms with Crippen molar-refractivity contribution in [2.24, 2.45) is 5.92 Å². The van der Waals surface area contributed by atoms with Crippen LogP contribution in [0.5, 0.6) is 0 Å². The molecule has 0 aromatic carbocycles. The highest BCUT2D eigenvalue weighted by Crippen LogP contribution is 2.19. The smallest absolute Gasteiger partial charge is 0.0620 e. The molecular formula is C14H28N2O2. The van der Waals surface area contributed by atoms with E-state index in [9.17, 15) is 0 Å². The van der Waals surface area contributed by atoms with Crippen LogP contribution in [0.25, 0.3) is 0 Å². The Morgan fingerprint density at radius 3 is 2.61 bits per heavy atom. The van der Waals surface area contributed by atoms with Crippen molar-refractivity contribution in [3.63, 3.8) is 0 Å². The highest BCUT2D eigenvalue weighted by molar-refractivity contribution is 4.81. The van der Waals surface area contributed by atoms with Gasteiger partial charge in [-0.15, -0.1) is 0 Å². The van der Waals surface area contributed by atoms with Crippen LogP contribution in [0.4, 0.5) is 0 Å². The summed E-state index contributed by atoms with van der Waals surface area (Å²) in [5, 5.41) is 7.26. The standard InChI is InChI=1S/C14H28N2O2/c1-11(9-14-10-18-8-5-15-14)16-12(2)13-3-6-17-7-4-13/h11-16H,3-10H2,1-2H3. The lowest BCUT2D eigenvalue weighted by atomic mass is 9.92. The van der Waals surface area contributed by atoms with E-state index in [-0.39, 0.29) is 0 Å². The average Bonchev–Trinajstić information content (AvgIpc) is 2.40. The Labute approximate surface area is 111 Å². The van der Waals surface area contributed by atoms with E-state index in [4.69, 9.17) is 9.47 Å². The van der Waals surface area contributed by atoms with Crippen LogP contribution in [0.1, 0.15) is 33.1 Å². The van der Waals surface area contributed by atoms with Gasteiger partial charge in [-0.2, -0.15) is 0 Å². The predicted octanol–water partition coefficient (Wildman–Crippen LogP) is 1.16. The van der Waals surface area contributed by atoms with Gasteiger partial charge in [0.25, 0.3) is 0 Å². The summed E-state index contributed by atoms with van der Waals surface area (Å²) in [5.74, 6) is 0.775. The minimum absolute atomic E-state index is 0.517. The van der Waals surface area contributed by atoms with Gasteiger partial charge in [0, 0.05) is 37.9 Å². The second-order valence-corrected chi connectivity index (χ2v) is 5.77. The van der Waals surface area contributed by atoms with Crippen LogP contribution in [-0.4, -0.2) is 51.1 Å². The zero-order valence-electron chi connectivity index (χ0n) is 11.8. The van der Waals surface area contributed by atoms with Gasteiger partial charge >= 0.3 is 0 Å². The molecule has 2 aliphatic heterocycles. The molecule has 2 rings (SSSR count). The van der Waals surface area contributed by atoms with Crippen molar-refractivity contribution in [1.82, 2.24) is 10.6 Å². The first-order valence-electron chi connectivity index (χ1n) is 7.40. The SMILES string of the molecule is CC(CC1COCCN1)NC(C)C1CCOCC1. The van der Waals surface area contributed by atoms with E-state index in [1.165, 1.54) is 12.8 Å². The molecule has 2 fully saturated rings. The molecule has 0 amide bonds. The Morgan fingerprint density at radius 1 is 1.17 bits per heavy atom. The van der Waals surface area contributed by atoms with Crippen LogP contribution in [0.2, 0.25) is 0 Å². The molecule has 18 heavy (non-hydrogen) atoms. The molecule has 0 bridgehead atoms. The van der Waals surface area contributed by atoms with E-state index in [1.54, 1.807) is 0 Å². The third-order valence-electron chi connectivity index (χ3n) is 4.16. The maximum absolute atomic E-state index is 5.50. The molecule has 3 atom stereocenters. The maximum atomic E-state index is 5.50. The van der Waals surface area contributed by atoms with E-state index < -0.39 is 0 Å². The molecular weight excluding hydrogens is 228 g/mol. The van der Waals surface area contributed by atoms with Gasteiger partial charge in [0.15, 0.2) is 0 Å². The fraction of sp³-hybridized carbons (Fsp3) is 1.00. The van der Waals surface area contributed by atoms with E-state index in [0.717, 1.165) is 45.3 Å². The molecule has 0 radical (unpaired) electrons. The van der Waals surface area contributed by atoms with Gasteiger partial charge in [-0.1, -0.05) is 0 Å². The first-order valence-corrected chi connectivity index (χ1v) is 7.40. The molecule has 106 valence electrons. The third-order valence-corrected chi connectivity index (χ3v) is 4.16. The summed E-state index contributed by atoms with van der Waals surface area (Å²) in [6.07, 6.45) is 3.55. The lowest BCUT2D eigenvalue weighted by molar-refractivity contribution is 0.0518. The summed E-state index contributed by atoms with van der Waals surface area (Å²) < 4.78 is 10.9. The normalized spacial score (nSPS) is 30.0. The fourth-order valence-corrected chi connectivity index (χ4v) is 3.07. The van der Waals surface area contributed by atoms with Gasteiger partial charge < -0.3 is 20.1 Å². The molecule has 2 N–H and O–H groups in total. The molecule has 0 aliphatic carbocycles. The summed E-state index contributed by atoms with van der Waals surface area (Å²) >= 11 is 0. The summed E-state index contributed by atoms with van der Waals surface area (Å²) in [6, 6.07) is 1.65. The first kappa shape index (κ1) is 14.3. The predicted molar refractivity (Wildman–Crippen MR) is 72.8 cm³/mol. The number of hydrogen-bond acceptors (Lipinski definition) is 4. The van der Waals surface area contributed by atoms with Crippen LogP contribution in [0.3, 0.4) is 0 Å². The van der Waals surface area contributed by atoms with Crippen LogP contribution < -0.4 is 10.6 Å². The van der Waals surface area contributed by atoms with E-state index in [2.05, 4.69) is 24.5 Å². The monoisotopic (exact) mass is 256 g/mol. The minimum Gasteiger partial charge on any atom is -0.381 e. The van der Waals surface area contributed by atoms with Crippen molar-refractivity contribution in [3.05, 3.63) is 0 Å². The van der Waals surface area contributed by atoms with E-state index in [0.29, 0.717) is 18.1 Å². The Morgan fingerprint density at radius 2 is 1.94 bits per heavy atom. The fourth-order valence-electron chi connectivity index (χ4n) is 3.07. The summed E-state index contributed by atoms with van der Waals surface area (Å²) in [5.41, 5.74) is 0. The average molecular weight is 256 g/mol. The quantitative estimate of drug-likeness (QED) is 0.774. The lowest BCUT2D eigenvalue weighted by Gasteiger charge is -2.32. The van der Waals surface area contributed by atoms with Gasteiger partial charge in [0.05, 0.1) is 13.2 Å². The van der Waals surface area contributed by atoms with Crippen LogP contribution >= 0.6 is 0 Å². The van der Waals surface area contributed by atoms with Crippen molar-refractivity contribution < 1.29 is 9.47 Å². The molecule has 0 aromatic rings. The largest absolute Gasteiger partial charge is 0.381 e. The Balaban J connectivity index is 1.67. The second kappa shape index (κ2) is 7.43. The molecule has 2 saturated heterocycles. The molecule has 0 saturated carbocycles. The second-order valence-electron chi connectivity index (χ2n) is 5.77. The van der Waals surface area contributed by atoms with Gasteiger partial charge in [-0.3, -0.25) is 0 Å². The molecule has 0 aromatic heterocycles. The molecule has 4 heteroatoms. The number of rotatable bonds is 5. The van der Waals surface area contributed by atoms with Crippen LogP contribution in [-0.2, 0) is 9.47 Å². The van der Waals surface area contributed by atoms with Gasteiger partial charge in [0.2, 0.25) is 0 Å². The first-order chi connectivity index (χ1) is 8.75. The van der Waals surface area contributed by atoms with Crippen molar-refractivity contribution in [2.75, 3.05) is 33.0 Å². The van der Waals surface area contributed by atoms with Crippen LogP contribution in [0.15, 0.2) is 0 Å². The summed E-state index contributed by atoms with van der Waals surface area (Å²) in [4.78, 5) is 0. The van der Waals surface area contributed by atoms with Crippen LogP contribution in [0, 0.1) is 5.92 Å². The minimum atomic E-state index is 0.517. The molecule has 2 heterocycles. The Kier molecular flexibility index (Phi) is 5.89. The zero-order valence-corrected chi connectivity index (χ0v) is 11.8. The topological polar surface area (TPSA) is 42.5 Å². The van der Waals surface area contributed by atoms with Crippen molar-refractivity contribution in [1.29, 1.82) is 0 Å². The van der Waals surface area contributed by atoms with Gasteiger partial charge in [-0.25, -0.2) is 0 Å². The van der Waals surface area contributed by atoms with Crippen molar-refractivity contribution in [3.8, 4) is 0 Å². The number of hydrogen-bond donors (Lipinski definition) is 2. The highest BCUT2D eigenvalue weighted by Gasteiger charge is 2.23.